The Bertz CT molecular complexity index is 668. The molecule has 2 N–H and O–H groups in total. The number of thiazole rings is 1. The van der Waals surface area contributed by atoms with E-state index < -0.39 is 0 Å². The van der Waals surface area contributed by atoms with Crippen LogP contribution in [0.15, 0.2) is 29.6 Å². The van der Waals surface area contributed by atoms with Crippen molar-refractivity contribution in [1.82, 2.24) is 4.98 Å². The number of rotatable bonds is 3. The van der Waals surface area contributed by atoms with Crippen LogP contribution in [0.1, 0.15) is 28.0 Å². The lowest BCUT2D eigenvalue weighted by molar-refractivity contribution is 0.102. The molecule has 2 aromatic rings. The lowest BCUT2D eigenvalue weighted by atomic mass is 10.1. The van der Waals surface area contributed by atoms with Gasteiger partial charge in [0.1, 0.15) is 0 Å². The number of carbonyl (C=O) groups excluding carboxylic acids is 1. The van der Waals surface area contributed by atoms with Crippen LogP contribution >= 0.6 is 11.3 Å². The molecule has 102 valence electrons. The lowest BCUT2D eigenvalue weighted by Gasteiger charge is -2.02. The summed E-state index contributed by atoms with van der Waals surface area (Å²) in [5.74, 6) is 5.53. The van der Waals surface area contributed by atoms with E-state index in [4.69, 9.17) is 5.11 Å². The molecule has 1 heterocycles. The lowest BCUT2D eigenvalue weighted by Crippen LogP contribution is -2.11. The van der Waals surface area contributed by atoms with Crippen molar-refractivity contribution in [2.24, 2.45) is 0 Å². The Morgan fingerprint density at radius 1 is 1.50 bits per heavy atom. The summed E-state index contributed by atoms with van der Waals surface area (Å²) in [6.45, 7) is 1.92. The van der Waals surface area contributed by atoms with Gasteiger partial charge in [0.15, 0.2) is 5.13 Å². The van der Waals surface area contributed by atoms with Gasteiger partial charge in [0.05, 0.1) is 12.3 Å². The second-order valence-corrected chi connectivity index (χ2v) is 4.96. The molecule has 0 fully saturated rings. The van der Waals surface area contributed by atoms with Gasteiger partial charge in [0.25, 0.3) is 5.91 Å². The highest BCUT2D eigenvalue weighted by Gasteiger charge is 2.08. The monoisotopic (exact) mass is 286 g/mol. The number of hydrogen-bond donors (Lipinski definition) is 2. The van der Waals surface area contributed by atoms with Crippen molar-refractivity contribution in [3.05, 3.63) is 46.5 Å². The Balaban J connectivity index is 2.10. The minimum atomic E-state index is -0.204. The zero-order chi connectivity index (χ0) is 14.4. The first-order chi connectivity index (χ1) is 9.69. The van der Waals surface area contributed by atoms with E-state index in [2.05, 4.69) is 22.1 Å². The fourth-order valence-electron chi connectivity index (χ4n) is 1.54. The van der Waals surface area contributed by atoms with E-state index in [0.717, 1.165) is 11.3 Å². The Hall–Kier alpha value is -2.16. The molecule has 0 aliphatic carbocycles. The first-order valence-corrected chi connectivity index (χ1v) is 7.00. The average molecular weight is 286 g/mol. The van der Waals surface area contributed by atoms with Gasteiger partial charge in [0.2, 0.25) is 0 Å². The zero-order valence-electron chi connectivity index (χ0n) is 11.0. The molecule has 4 nitrogen and oxygen atoms in total. The molecular formula is C15H14N2O2S. The topological polar surface area (TPSA) is 62.2 Å². The van der Waals surface area contributed by atoms with Crippen LogP contribution in [0.4, 0.5) is 5.13 Å². The standard InChI is InChI=1S/C15H14N2O2S/c1-11-10-20-15(16-11)17-14(19)13-7-4-6-12(9-13)5-2-3-8-18/h4,6-7,9-10,18H,3,8H2,1H3,(H,16,17,19). The van der Waals surface area contributed by atoms with Gasteiger partial charge in [-0.05, 0) is 25.1 Å². The van der Waals surface area contributed by atoms with E-state index >= 15 is 0 Å². The van der Waals surface area contributed by atoms with Gasteiger partial charge in [-0.15, -0.1) is 11.3 Å². The molecule has 1 aromatic carbocycles. The average Bonchev–Trinajstić information content (AvgIpc) is 2.85. The Labute approximate surface area is 121 Å². The first kappa shape index (κ1) is 14.3. The number of carbonyl (C=O) groups is 1. The molecule has 0 spiro atoms. The van der Waals surface area contributed by atoms with Gasteiger partial charge in [-0.3, -0.25) is 10.1 Å². The quantitative estimate of drug-likeness (QED) is 0.852. The number of benzene rings is 1. The van der Waals surface area contributed by atoms with Crippen LogP contribution in [0.2, 0.25) is 0 Å². The maximum atomic E-state index is 12.1. The third-order valence-electron chi connectivity index (χ3n) is 2.43. The van der Waals surface area contributed by atoms with Gasteiger partial charge < -0.3 is 5.11 Å². The second-order valence-electron chi connectivity index (χ2n) is 4.10. The third kappa shape index (κ3) is 3.92. The maximum Gasteiger partial charge on any atom is 0.257 e. The van der Waals surface area contributed by atoms with E-state index in [0.29, 0.717) is 17.1 Å². The minimum Gasteiger partial charge on any atom is -0.395 e. The SMILES string of the molecule is Cc1csc(NC(=O)c2cccc(C#CCCO)c2)n1. The summed E-state index contributed by atoms with van der Waals surface area (Å²) in [6, 6.07) is 7.06. The van der Waals surface area contributed by atoms with Crippen molar-refractivity contribution in [2.75, 3.05) is 11.9 Å². The number of hydrogen-bond acceptors (Lipinski definition) is 4. The summed E-state index contributed by atoms with van der Waals surface area (Å²) in [4.78, 5) is 16.3. The smallest absolute Gasteiger partial charge is 0.257 e. The highest BCUT2D eigenvalue weighted by atomic mass is 32.1. The van der Waals surface area contributed by atoms with Crippen molar-refractivity contribution >= 4 is 22.4 Å². The molecule has 0 saturated heterocycles. The molecule has 0 bridgehead atoms. The van der Waals surface area contributed by atoms with E-state index in [1.807, 2.05) is 18.4 Å². The van der Waals surface area contributed by atoms with Crippen molar-refractivity contribution in [3.63, 3.8) is 0 Å². The number of nitrogens with zero attached hydrogens (tertiary/aromatic N) is 1. The zero-order valence-corrected chi connectivity index (χ0v) is 11.8. The van der Waals surface area contributed by atoms with Crippen LogP contribution in [-0.4, -0.2) is 22.6 Å². The highest BCUT2D eigenvalue weighted by molar-refractivity contribution is 7.13. The largest absolute Gasteiger partial charge is 0.395 e. The summed E-state index contributed by atoms with van der Waals surface area (Å²) in [5, 5.41) is 13.9. The van der Waals surface area contributed by atoms with Crippen LogP contribution in [0, 0.1) is 18.8 Å². The number of amides is 1. The number of aromatic nitrogens is 1. The van der Waals surface area contributed by atoms with Gasteiger partial charge >= 0.3 is 0 Å². The Kier molecular flexibility index (Phi) is 4.88. The number of aryl methyl sites for hydroxylation is 1. The van der Waals surface area contributed by atoms with Crippen LogP contribution in [0.25, 0.3) is 0 Å². The van der Waals surface area contributed by atoms with Crippen LogP contribution < -0.4 is 5.32 Å². The fraction of sp³-hybridized carbons (Fsp3) is 0.200. The molecule has 0 saturated carbocycles. The second kappa shape index (κ2) is 6.85. The molecule has 0 atom stereocenters. The van der Waals surface area contributed by atoms with E-state index in [1.54, 1.807) is 18.2 Å². The molecule has 1 aromatic heterocycles. The molecule has 1 amide bonds. The molecule has 0 aliphatic heterocycles. The Morgan fingerprint density at radius 2 is 2.35 bits per heavy atom. The van der Waals surface area contributed by atoms with E-state index in [9.17, 15) is 4.79 Å². The van der Waals surface area contributed by atoms with Crippen molar-refractivity contribution in [1.29, 1.82) is 0 Å². The maximum absolute atomic E-state index is 12.1. The summed E-state index contributed by atoms with van der Waals surface area (Å²) < 4.78 is 0. The van der Waals surface area contributed by atoms with Gasteiger partial charge in [-0.2, -0.15) is 0 Å². The number of aliphatic hydroxyl groups is 1. The fourth-order valence-corrected chi connectivity index (χ4v) is 2.22. The van der Waals surface area contributed by atoms with Crippen molar-refractivity contribution in [3.8, 4) is 11.8 Å². The van der Waals surface area contributed by atoms with Crippen LogP contribution in [0.5, 0.6) is 0 Å². The molecule has 0 radical (unpaired) electrons. The van der Waals surface area contributed by atoms with Crippen molar-refractivity contribution in [2.45, 2.75) is 13.3 Å². The molecule has 0 unspecified atom stereocenters. The summed E-state index contributed by atoms with van der Waals surface area (Å²) in [6.07, 6.45) is 0.425. The molecule has 20 heavy (non-hydrogen) atoms. The third-order valence-corrected chi connectivity index (χ3v) is 3.31. The summed E-state index contributed by atoms with van der Waals surface area (Å²) in [5.41, 5.74) is 2.17. The van der Waals surface area contributed by atoms with Gasteiger partial charge in [0, 0.05) is 22.9 Å². The minimum absolute atomic E-state index is 0.0383. The number of anilines is 1. The van der Waals surface area contributed by atoms with E-state index in [-0.39, 0.29) is 12.5 Å². The molecular weight excluding hydrogens is 272 g/mol. The summed E-state index contributed by atoms with van der Waals surface area (Å²) >= 11 is 1.39. The van der Waals surface area contributed by atoms with Crippen LogP contribution in [0.3, 0.4) is 0 Å². The molecule has 5 heteroatoms. The number of nitrogens with one attached hydrogen (secondary N) is 1. The van der Waals surface area contributed by atoms with E-state index in [1.165, 1.54) is 11.3 Å². The number of aliphatic hydroxyl groups excluding tert-OH is 1. The highest BCUT2D eigenvalue weighted by Crippen LogP contribution is 2.16. The normalized spacial score (nSPS) is 9.70. The Morgan fingerprint density at radius 3 is 3.05 bits per heavy atom. The van der Waals surface area contributed by atoms with Crippen molar-refractivity contribution < 1.29 is 9.90 Å². The van der Waals surface area contributed by atoms with Gasteiger partial charge in [-0.1, -0.05) is 17.9 Å². The molecule has 0 aliphatic rings. The van der Waals surface area contributed by atoms with Gasteiger partial charge in [-0.25, -0.2) is 4.98 Å². The van der Waals surface area contributed by atoms with Crippen LogP contribution in [-0.2, 0) is 0 Å². The molecule has 2 rings (SSSR count). The first-order valence-electron chi connectivity index (χ1n) is 6.12. The predicted octanol–water partition coefficient (Wildman–Crippen LogP) is 2.44. The predicted molar refractivity (Wildman–Crippen MR) is 79.8 cm³/mol. The summed E-state index contributed by atoms with van der Waals surface area (Å²) in [7, 11) is 0.